The zero-order chi connectivity index (χ0) is 13.3. The van der Waals surface area contributed by atoms with E-state index < -0.39 is 5.60 Å². The Morgan fingerprint density at radius 2 is 2.06 bits per heavy atom. The number of nitrogens with one attached hydrogen (secondary N) is 2. The summed E-state index contributed by atoms with van der Waals surface area (Å²) in [6, 6.07) is 0. The van der Waals surface area contributed by atoms with Crippen LogP contribution in [0.5, 0.6) is 0 Å². The molecule has 0 bridgehead atoms. The molecule has 0 spiro atoms. The summed E-state index contributed by atoms with van der Waals surface area (Å²) in [4.78, 5) is 11.4. The maximum Gasteiger partial charge on any atom is 0.233 e. The Labute approximate surface area is 105 Å². The molecule has 0 aliphatic carbocycles. The molecule has 0 heterocycles. The van der Waals surface area contributed by atoms with Gasteiger partial charge in [-0.3, -0.25) is 4.79 Å². The van der Waals surface area contributed by atoms with Gasteiger partial charge in [0.2, 0.25) is 5.91 Å². The second-order valence-corrected chi connectivity index (χ2v) is 5.38. The van der Waals surface area contributed by atoms with Crippen LogP contribution in [-0.4, -0.2) is 36.2 Å². The predicted molar refractivity (Wildman–Crippen MR) is 70.9 cm³/mol. The molecule has 1 amide bonds. The Kier molecular flexibility index (Phi) is 8.17. The molecule has 0 fully saturated rings. The number of hydrogen-bond donors (Lipinski definition) is 3. The van der Waals surface area contributed by atoms with Crippen molar-refractivity contribution in [3.05, 3.63) is 0 Å². The number of rotatable bonds is 9. The van der Waals surface area contributed by atoms with Crippen molar-refractivity contribution in [2.75, 3.05) is 19.6 Å². The minimum absolute atomic E-state index is 0.00190. The third-order valence-corrected chi connectivity index (χ3v) is 2.62. The Morgan fingerprint density at radius 3 is 2.59 bits per heavy atom. The molecule has 3 N–H and O–H groups in total. The van der Waals surface area contributed by atoms with Gasteiger partial charge in [0, 0.05) is 13.1 Å². The molecule has 0 aliphatic heterocycles. The van der Waals surface area contributed by atoms with E-state index in [2.05, 4.69) is 24.5 Å². The van der Waals surface area contributed by atoms with Gasteiger partial charge in [0.1, 0.15) is 0 Å². The van der Waals surface area contributed by atoms with Crippen LogP contribution in [0.4, 0.5) is 0 Å². The van der Waals surface area contributed by atoms with Gasteiger partial charge in [0.05, 0.1) is 12.1 Å². The molecule has 1 atom stereocenters. The Balaban J connectivity index is 3.57. The van der Waals surface area contributed by atoms with Gasteiger partial charge < -0.3 is 15.7 Å². The predicted octanol–water partition coefficient (Wildman–Crippen LogP) is 1.29. The van der Waals surface area contributed by atoms with Crippen molar-refractivity contribution in [3.8, 4) is 0 Å². The second-order valence-electron chi connectivity index (χ2n) is 5.38. The van der Waals surface area contributed by atoms with Crippen LogP contribution in [0.15, 0.2) is 0 Å². The van der Waals surface area contributed by atoms with Gasteiger partial charge in [0.15, 0.2) is 0 Å². The number of aliphatic hydroxyl groups is 1. The van der Waals surface area contributed by atoms with E-state index in [1.165, 1.54) is 0 Å². The van der Waals surface area contributed by atoms with Crippen molar-refractivity contribution in [3.63, 3.8) is 0 Å². The van der Waals surface area contributed by atoms with E-state index >= 15 is 0 Å². The Morgan fingerprint density at radius 1 is 1.41 bits per heavy atom. The quantitative estimate of drug-likeness (QED) is 0.573. The number of carbonyl (C=O) groups excluding carboxylic acids is 1. The van der Waals surface area contributed by atoms with Gasteiger partial charge in [-0.15, -0.1) is 0 Å². The average molecular weight is 244 g/mol. The molecule has 0 rings (SSSR count). The van der Waals surface area contributed by atoms with E-state index in [1.54, 1.807) is 6.92 Å². The third kappa shape index (κ3) is 10.3. The van der Waals surface area contributed by atoms with Crippen LogP contribution in [0.25, 0.3) is 0 Å². The fourth-order valence-corrected chi connectivity index (χ4v) is 1.64. The monoisotopic (exact) mass is 244 g/mol. The molecule has 0 saturated heterocycles. The number of carbonyl (C=O) groups is 1. The SMILES string of the molecule is CCCC(C)(O)CNCC(=O)NCCC(C)C. The highest BCUT2D eigenvalue weighted by Crippen LogP contribution is 2.09. The summed E-state index contributed by atoms with van der Waals surface area (Å²) in [7, 11) is 0. The molecular weight excluding hydrogens is 216 g/mol. The number of amides is 1. The van der Waals surface area contributed by atoms with Gasteiger partial charge in [-0.25, -0.2) is 0 Å². The summed E-state index contributed by atoms with van der Waals surface area (Å²) in [6.45, 7) is 9.55. The fourth-order valence-electron chi connectivity index (χ4n) is 1.64. The summed E-state index contributed by atoms with van der Waals surface area (Å²) in [6.07, 6.45) is 2.68. The van der Waals surface area contributed by atoms with Gasteiger partial charge in [-0.05, 0) is 25.7 Å². The molecule has 0 aromatic heterocycles. The molecule has 0 saturated carbocycles. The summed E-state index contributed by atoms with van der Waals surface area (Å²) in [5.74, 6) is 0.603. The van der Waals surface area contributed by atoms with Crippen molar-refractivity contribution in [1.29, 1.82) is 0 Å². The van der Waals surface area contributed by atoms with Crippen molar-refractivity contribution < 1.29 is 9.90 Å². The minimum atomic E-state index is -0.715. The van der Waals surface area contributed by atoms with Crippen molar-refractivity contribution >= 4 is 5.91 Å². The summed E-state index contributed by atoms with van der Waals surface area (Å²) < 4.78 is 0. The van der Waals surface area contributed by atoms with Crippen molar-refractivity contribution in [2.45, 2.75) is 52.6 Å². The summed E-state index contributed by atoms with van der Waals surface area (Å²) in [5.41, 5.74) is -0.715. The van der Waals surface area contributed by atoms with Crippen LogP contribution >= 0.6 is 0 Å². The molecule has 4 nitrogen and oxygen atoms in total. The fraction of sp³-hybridized carbons (Fsp3) is 0.923. The largest absolute Gasteiger partial charge is 0.389 e. The van der Waals surface area contributed by atoms with Crippen LogP contribution in [0, 0.1) is 5.92 Å². The van der Waals surface area contributed by atoms with Crippen molar-refractivity contribution in [2.24, 2.45) is 5.92 Å². The molecule has 0 radical (unpaired) electrons. The lowest BCUT2D eigenvalue weighted by Crippen LogP contribution is -2.42. The first kappa shape index (κ1) is 16.4. The normalized spacial score (nSPS) is 14.7. The Hall–Kier alpha value is -0.610. The van der Waals surface area contributed by atoms with E-state index in [0.717, 1.165) is 25.8 Å². The first-order chi connectivity index (χ1) is 7.87. The molecule has 102 valence electrons. The van der Waals surface area contributed by atoms with Crippen LogP contribution in [0.1, 0.15) is 47.0 Å². The van der Waals surface area contributed by atoms with Crippen LogP contribution < -0.4 is 10.6 Å². The lowest BCUT2D eigenvalue weighted by Gasteiger charge is -2.22. The van der Waals surface area contributed by atoms with Gasteiger partial charge in [-0.2, -0.15) is 0 Å². The lowest BCUT2D eigenvalue weighted by atomic mass is 10.0. The average Bonchev–Trinajstić information content (AvgIpc) is 2.16. The van der Waals surface area contributed by atoms with Gasteiger partial charge in [-0.1, -0.05) is 27.2 Å². The molecular formula is C13H28N2O2. The standard InChI is InChI=1S/C13H28N2O2/c1-5-7-13(4,17)10-14-9-12(16)15-8-6-11(2)3/h11,14,17H,5-10H2,1-4H3,(H,15,16). The molecule has 4 heteroatoms. The zero-order valence-electron chi connectivity index (χ0n) is 11.7. The van der Waals surface area contributed by atoms with E-state index in [9.17, 15) is 9.90 Å². The van der Waals surface area contributed by atoms with E-state index in [0.29, 0.717) is 12.5 Å². The maximum absolute atomic E-state index is 11.4. The molecule has 1 unspecified atom stereocenters. The highest BCUT2D eigenvalue weighted by Gasteiger charge is 2.18. The number of hydrogen-bond acceptors (Lipinski definition) is 3. The van der Waals surface area contributed by atoms with Crippen LogP contribution in [0.3, 0.4) is 0 Å². The highest BCUT2D eigenvalue weighted by molar-refractivity contribution is 5.77. The lowest BCUT2D eigenvalue weighted by molar-refractivity contribution is -0.120. The highest BCUT2D eigenvalue weighted by atomic mass is 16.3. The first-order valence-corrected chi connectivity index (χ1v) is 6.57. The van der Waals surface area contributed by atoms with E-state index in [-0.39, 0.29) is 12.5 Å². The molecule has 0 aliphatic rings. The topological polar surface area (TPSA) is 61.4 Å². The smallest absolute Gasteiger partial charge is 0.233 e. The van der Waals surface area contributed by atoms with Crippen molar-refractivity contribution in [1.82, 2.24) is 10.6 Å². The Bertz CT molecular complexity index is 215. The first-order valence-electron chi connectivity index (χ1n) is 6.57. The molecule has 17 heavy (non-hydrogen) atoms. The van der Waals surface area contributed by atoms with E-state index in [4.69, 9.17) is 0 Å². The van der Waals surface area contributed by atoms with Crippen LogP contribution in [0.2, 0.25) is 0 Å². The summed E-state index contributed by atoms with van der Waals surface area (Å²) >= 11 is 0. The van der Waals surface area contributed by atoms with Gasteiger partial charge in [0.25, 0.3) is 0 Å². The molecule has 0 aromatic rings. The zero-order valence-corrected chi connectivity index (χ0v) is 11.7. The minimum Gasteiger partial charge on any atom is -0.389 e. The van der Waals surface area contributed by atoms with E-state index in [1.807, 2.05) is 6.92 Å². The molecule has 0 aromatic carbocycles. The second kappa shape index (κ2) is 8.48. The van der Waals surface area contributed by atoms with Crippen LogP contribution in [-0.2, 0) is 4.79 Å². The third-order valence-electron chi connectivity index (χ3n) is 2.62. The summed E-state index contributed by atoms with van der Waals surface area (Å²) in [5, 5.41) is 15.7. The van der Waals surface area contributed by atoms with Gasteiger partial charge >= 0.3 is 0 Å². The maximum atomic E-state index is 11.4.